The highest BCUT2D eigenvalue weighted by atomic mass is 79.9. The van der Waals surface area contributed by atoms with Crippen molar-refractivity contribution in [1.82, 2.24) is 13.5 Å². The molecular weight excluding hydrogens is 265 g/mol. The van der Waals surface area contributed by atoms with Crippen LogP contribution in [-0.2, 0) is 10.2 Å². The first-order valence-electron chi connectivity index (χ1n) is 3.19. The number of halogens is 2. The highest BCUT2D eigenvalue weighted by Gasteiger charge is 2.19. The van der Waals surface area contributed by atoms with E-state index in [2.05, 4.69) is 21.0 Å². The number of aromatic nitrogens is 2. The molecule has 0 spiro atoms. The van der Waals surface area contributed by atoms with Crippen molar-refractivity contribution in [2.45, 2.75) is 0 Å². The summed E-state index contributed by atoms with van der Waals surface area (Å²) in [6.45, 7) is 0. The highest BCUT2D eigenvalue weighted by molar-refractivity contribution is 9.10. The summed E-state index contributed by atoms with van der Waals surface area (Å²) >= 11 is 2.77. The first kappa shape index (κ1) is 10.6. The van der Waals surface area contributed by atoms with Crippen LogP contribution in [0.15, 0.2) is 10.8 Å². The molecule has 0 radical (unpaired) electrons. The van der Waals surface area contributed by atoms with E-state index in [-0.39, 0.29) is 4.60 Å². The van der Waals surface area contributed by atoms with Crippen molar-refractivity contribution in [2.24, 2.45) is 0 Å². The predicted molar refractivity (Wildman–Crippen MR) is 47.9 cm³/mol. The minimum absolute atomic E-state index is 0.127. The Hall–Kier alpha value is -0.470. The molecule has 0 atom stereocenters. The number of hydrogen-bond acceptors (Lipinski definition) is 3. The molecule has 1 heterocycles. The SMILES string of the molecule is CN(C)S(=O)(=O)n1cc(F)c(Br)n1. The first-order valence-corrected chi connectivity index (χ1v) is 5.38. The van der Waals surface area contributed by atoms with Gasteiger partial charge in [0, 0.05) is 14.1 Å². The molecular formula is C5H7BrFN3O2S. The van der Waals surface area contributed by atoms with Gasteiger partial charge in [0.2, 0.25) is 0 Å². The lowest BCUT2D eigenvalue weighted by Crippen LogP contribution is -2.29. The summed E-state index contributed by atoms with van der Waals surface area (Å²) < 4.78 is 36.8. The molecule has 8 heteroatoms. The Labute approximate surface area is 83.5 Å². The van der Waals surface area contributed by atoms with Crippen LogP contribution in [0.2, 0.25) is 0 Å². The second-order valence-corrected chi connectivity index (χ2v) is 5.18. The molecule has 0 unspecified atom stereocenters. The maximum absolute atomic E-state index is 12.7. The summed E-state index contributed by atoms with van der Waals surface area (Å²) in [5.41, 5.74) is 0. The van der Waals surface area contributed by atoms with Crippen molar-refractivity contribution in [2.75, 3.05) is 14.1 Å². The van der Waals surface area contributed by atoms with Crippen LogP contribution in [-0.4, -0.2) is 36.0 Å². The normalized spacial score (nSPS) is 12.4. The van der Waals surface area contributed by atoms with Crippen molar-refractivity contribution in [3.8, 4) is 0 Å². The zero-order valence-electron chi connectivity index (χ0n) is 6.90. The highest BCUT2D eigenvalue weighted by Crippen LogP contribution is 2.13. The van der Waals surface area contributed by atoms with E-state index in [1.165, 1.54) is 14.1 Å². The third kappa shape index (κ3) is 1.89. The van der Waals surface area contributed by atoms with Gasteiger partial charge < -0.3 is 0 Å². The van der Waals surface area contributed by atoms with Gasteiger partial charge in [0.25, 0.3) is 0 Å². The summed E-state index contributed by atoms with van der Waals surface area (Å²) in [5, 5.41) is 3.43. The second kappa shape index (κ2) is 3.35. The van der Waals surface area contributed by atoms with Gasteiger partial charge >= 0.3 is 10.2 Å². The molecule has 0 fully saturated rings. The van der Waals surface area contributed by atoms with E-state index < -0.39 is 16.0 Å². The Morgan fingerprint density at radius 3 is 2.46 bits per heavy atom. The van der Waals surface area contributed by atoms with Crippen molar-refractivity contribution >= 4 is 26.1 Å². The van der Waals surface area contributed by atoms with Gasteiger partial charge in [-0.15, -0.1) is 9.19 Å². The van der Waals surface area contributed by atoms with Crippen LogP contribution in [0.1, 0.15) is 0 Å². The molecule has 5 nitrogen and oxygen atoms in total. The molecule has 0 N–H and O–H groups in total. The van der Waals surface area contributed by atoms with Crippen LogP contribution in [0.5, 0.6) is 0 Å². The molecule has 1 aromatic rings. The fourth-order valence-electron chi connectivity index (χ4n) is 0.599. The molecule has 0 amide bonds. The van der Waals surface area contributed by atoms with Crippen molar-refractivity contribution < 1.29 is 12.8 Å². The van der Waals surface area contributed by atoms with Crippen molar-refractivity contribution in [3.63, 3.8) is 0 Å². The smallest absolute Gasteiger partial charge is 0.202 e. The van der Waals surface area contributed by atoms with E-state index >= 15 is 0 Å². The standard InChI is InChI=1S/C5H7BrFN3O2S/c1-9(2)13(11,12)10-3-4(7)5(6)8-10/h3H,1-2H3. The maximum Gasteiger partial charge on any atom is 0.322 e. The average molecular weight is 272 g/mol. The number of nitrogens with zero attached hydrogens (tertiary/aromatic N) is 3. The van der Waals surface area contributed by atoms with Gasteiger partial charge in [-0.2, -0.15) is 12.7 Å². The molecule has 0 aliphatic carbocycles. The predicted octanol–water partition coefficient (Wildman–Crippen LogP) is 0.439. The minimum atomic E-state index is -3.71. The molecule has 0 aliphatic heterocycles. The van der Waals surface area contributed by atoms with Gasteiger partial charge in [-0.3, -0.25) is 0 Å². The topological polar surface area (TPSA) is 55.2 Å². The minimum Gasteiger partial charge on any atom is -0.202 e. The van der Waals surface area contributed by atoms with E-state index in [0.29, 0.717) is 4.09 Å². The van der Waals surface area contributed by atoms with E-state index in [4.69, 9.17) is 0 Å². The lowest BCUT2D eigenvalue weighted by atomic mass is 10.7. The van der Waals surface area contributed by atoms with E-state index in [1.54, 1.807) is 0 Å². The van der Waals surface area contributed by atoms with Gasteiger partial charge in [0.05, 0.1) is 6.20 Å². The van der Waals surface area contributed by atoms with Crippen LogP contribution in [0.4, 0.5) is 4.39 Å². The summed E-state index contributed by atoms with van der Waals surface area (Å²) in [6, 6.07) is 0. The zero-order chi connectivity index (χ0) is 10.2. The van der Waals surface area contributed by atoms with Crippen molar-refractivity contribution in [1.29, 1.82) is 0 Å². The van der Waals surface area contributed by atoms with Crippen LogP contribution in [0.3, 0.4) is 0 Å². The van der Waals surface area contributed by atoms with Gasteiger partial charge in [0.15, 0.2) is 10.4 Å². The molecule has 0 saturated heterocycles. The monoisotopic (exact) mass is 271 g/mol. The second-order valence-electron chi connectivity index (χ2n) is 2.43. The fraction of sp³-hybridized carbons (Fsp3) is 0.400. The Balaban J connectivity index is 3.24. The Kier molecular flexibility index (Phi) is 2.74. The maximum atomic E-state index is 12.7. The molecule has 13 heavy (non-hydrogen) atoms. The lowest BCUT2D eigenvalue weighted by Gasteiger charge is -2.09. The summed E-state index contributed by atoms with van der Waals surface area (Å²) in [4.78, 5) is 0. The molecule has 1 rings (SSSR count). The largest absolute Gasteiger partial charge is 0.322 e. The lowest BCUT2D eigenvalue weighted by molar-refractivity contribution is 0.503. The molecule has 0 saturated carbocycles. The van der Waals surface area contributed by atoms with Crippen LogP contribution < -0.4 is 0 Å². The van der Waals surface area contributed by atoms with Gasteiger partial charge in [-0.1, -0.05) is 0 Å². The average Bonchev–Trinajstić information content (AvgIpc) is 2.32. The van der Waals surface area contributed by atoms with E-state index in [9.17, 15) is 12.8 Å². The summed E-state index contributed by atoms with van der Waals surface area (Å²) in [7, 11) is -1.04. The fourth-order valence-corrected chi connectivity index (χ4v) is 1.72. The summed E-state index contributed by atoms with van der Waals surface area (Å²) in [6.07, 6.45) is 0.791. The molecule has 0 aromatic carbocycles. The molecule has 0 bridgehead atoms. The van der Waals surface area contributed by atoms with Crippen molar-refractivity contribution in [3.05, 3.63) is 16.6 Å². The molecule has 74 valence electrons. The van der Waals surface area contributed by atoms with Crippen LogP contribution in [0, 0.1) is 5.82 Å². The van der Waals surface area contributed by atoms with Gasteiger partial charge in [-0.25, -0.2) is 4.39 Å². The Morgan fingerprint density at radius 2 is 2.15 bits per heavy atom. The number of hydrogen-bond donors (Lipinski definition) is 0. The Morgan fingerprint density at radius 1 is 1.62 bits per heavy atom. The quantitative estimate of drug-likeness (QED) is 0.785. The van der Waals surface area contributed by atoms with Gasteiger partial charge in [-0.05, 0) is 15.9 Å². The van der Waals surface area contributed by atoms with Crippen LogP contribution in [0.25, 0.3) is 0 Å². The first-order chi connectivity index (χ1) is 5.85. The summed E-state index contributed by atoms with van der Waals surface area (Å²) in [5.74, 6) is -0.717. The Bertz CT molecular complexity index is 394. The molecule has 1 aromatic heterocycles. The third-order valence-corrected chi connectivity index (χ3v) is 3.43. The van der Waals surface area contributed by atoms with Gasteiger partial charge in [0.1, 0.15) is 0 Å². The van der Waals surface area contributed by atoms with Crippen LogP contribution >= 0.6 is 15.9 Å². The third-order valence-electron chi connectivity index (χ3n) is 1.31. The van der Waals surface area contributed by atoms with E-state index in [0.717, 1.165) is 10.5 Å². The molecule has 0 aliphatic rings. The van der Waals surface area contributed by atoms with E-state index in [1.807, 2.05) is 0 Å². The number of rotatable bonds is 2. The zero-order valence-corrected chi connectivity index (χ0v) is 9.30.